The summed E-state index contributed by atoms with van der Waals surface area (Å²) in [4.78, 5) is 12.5. The van der Waals surface area contributed by atoms with Crippen LogP contribution in [-0.4, -0.2) is 36.9 Å². The minimum Gasteiger partial charge on any atom is -0.467 e. The summed E-state index contributed by atoms with van der Waals surface area (Å²) in [6.45, 7) is 2.39. The van der Waals surface area contributed by atoms with Gasteiger partial charge >= 0.3 is 0 Å². The maximum absolute atomic E-state index is 13.3. The van der Waals surface area contributed by atoms with Gasteiger partial charge in [0.05, 0.1) is 19.1 Å². The number of aryl methyl sites for hydroxylation is 1. The molecule has 1 amide bonds. The lowest BCUT2D eigenvalue weighted by molar-refractivity contribution is -0.126. The van der Waals surface area contributed by atoms with Gasteiger partial charge in [0.15, 0.2) is 10.7 Å². The number of hydrogen-bond donors (Lipinski definition) is 1. The predicted octanol–water partition coefficient (Wildman–Crippen LogP) is 3.06. The SMILES string of the molecule is Cc1noc(/C=C/c2ccco2)c1S(=O)(=O)N1CCC(C(=O)NCc2ccco2)CC1. The first kappa shape index (κ1) is 21.1. The van der Waals surface area contributed by atoms with Gasteiger partial charge in [-0.2, -0.15) is 4.31 Å². The Morgan fingerprint density at radius 2 is 1.94 bits per heavy atom. The molecule has 3 aromatic rings. The number of sulfonamides is 1. The normalized spacial score (nSPS) is 16.2. The number of furan rings is 2. The van der Waals surface area contributed by atoms with Gasteiger partial charge < -0.3 is 18.7 Å². The van der Waals surface area contributed by atoms with Gasteiger partial charge in [-0.05, 0) is 56.2 Å². The average Bonchev–Trinajstić information content (AvgIpc) is 3.53. The fourth-order valence-electron chi connectivity index (χ4n) is 3.56. The summed E-state index contributed by atoms with van der Waals surface area (Å²) >= 11 is 0. The lowest BCUT2D eigenvalue weighted by Crippen LogP contribution is -2.43. The fraction of sp³-hybridized carbons (Fsp3) is 0.333. The number of carbonyl (C=O) groups is 1. The Kier molecular flexibility index (Phi) is 6.10. The van der Waals surface area contributed by atoms with Gasteiger partial charge in [0, 0.05) is 19.0 Å². The number of nitrogens with one attached hydrogen (secondary N) is 1. The van der Waals surface area contributed by atoms with E-state index in [2.05, 4.69) is 10.5 Å². The summed E-state index contributed by atoms with van der Waals surface area (Å²) in [6.07, 6.45) is 7.10. The molecule has 10 heteroatoms. The molecule has 0 bridgehead atoms. The molecule has 0 spiro atoms. The summed E-state index contributed by atoms with van der Waals surface area (Å²) in [7, 11) is -3.82. The number of hydrogen-bond acceptors (Lipinski definition) is 7. The highest BCUT2D eigenvalue weighted by Crippen LogP contribution is 2.29. The van der Waals surface area contributed by atoms with Crippen molar-refractivity contribution in [3.63, 3.8) is 0 Å². The van der Waals surface area contributed by atoms with Gasteiger partial charge in [0.25, 0.3) is 0 Å². The second kappa shape index (κ2) is 8.94. The lowest BCUT2D eigenvalue weighted by Gasteiger charge is -2.30. The second-order valence-electron chi connectivity index (χ2n) is 7.29. The Hall–Kier alpha value is -3.11. The first-order valence-electron chi connectivity index (χ1n) is 9.93. The molecule has 1 fully saturated rings. The molecule has 164 valence electrons. The van der Waals surface area contributed by atoms with Gasteiger partial charge in [-0.1, -0.05) is 5.16 Å². The average molecular weight is 445 g/mol. The number of nitrogens with zero attached hydrogens (tertiary/aromatic N) is 2. The molecular formula is C21H23N3O6S. The summed E-state index contributed by atoms with van der Waals surface area (Å²) in [5.74, 6) is 1.04. The van der Waals surface area contributed by atoms with E-state index < -0.39 is 10.0 Å². The minimum absolute atomic E-state index is 0.0380. The van der Waals surface area contributed by atoms with E-state index in [9.17, 15) is 13.2 Å². The molecule has 9 nitrogen and oxygen atoms in total. The third-order valence-electron chi connectivity index (χ3n) is 5.22. The van der Waals surface area contributed by atoms with Crippen LogP contribution in [0.25, 0.3) is 12.2 Å². The van der Waals surface area contributed by atoms with Crippen molar-refractivity contribution in [3.8, 4) is 0 Å². The molecule has 1 aliphatic heterocycles. The van der Waals surface area contributed by atoms with Gasteiger partial charge in [0.2, 0.25) is 15.9 Å². The van der Waals surface area contributed by atoms with Crippen molar-refractivity contribution >= 4 is 28.1 Å². The third kappa shape index (κ3) is 4.64. The summed E-state index contributed by atoms with van der Waals surface area (Å²) < 4.78 is 43.6. The predicted molar refractivity (Wildman–Crippen MR) is 111 cm³/mol. The van der Waals surface area contributed by atoms with Crippen molar-refractivity contribution in [3.05, 3.63) is 59.8 Å². The Labute approximate surface area is 179 Å². The fourth-order valence-corrected chi connectivity index (χ4v) is 5.28. The first-order chi connectivity index (χ1) is 14.9. The van der Waals surface area contributed by atoms with Crippen LogP contribution in [0.4, 0.5) is 0 Å². The van der Waals surface area contributed by atoms with Crippen molar-refractivity contribution < 1.29 is 26.6 Å². The van der Waals surface area contributed by atoms with E-state index in [1.807, 2.05) is 0 Å². The van der Waals surface area contributed by atoms with E-state index in [-0.39, 0.29) is 41.3 Å². The smallest absolute Gasteiger partial charge is 0.248 e. The van der Waals surface area contributed by atoms with Crippen LogP contribution in [0.5, 0.6) is 0 Å². The Morgan fingerprint density at radius 3 is 2.61 bits per heavy atom. The molecule has 3 aromatic heterocycles. The molecular weight excluding hydrogens is 422 g/mol. The molecule has 0 unspecified atom stereocenters. The molecule has 0 saturated carbocycles. The van der Waals surface area contributed by atoms with Crippen molar-refractivity contribution in [1.29, 1.82) is 0 Å². The zero-order chi connectivity index (χ0) is 21.8. The van der Waals surface area contributed by atoms with E-state index in [1.165, 1.54) is 16.6 Å². The zero-order valence-corrected chi connectivity index (χ0v) is 17.8. The second-order valence-corrected chi connectivity index (χ2v) is 9.16. The van der Waals surface area contributed by atoms with Crippen LogP contribution in [0.15, 0.2) is 55.0 Å². The Morgan fingerprint density at radius 1 is 1.19 bits per heavy atom. The molecule has 4 rings (SSSR count). The number of aromatic nitrogens is 1. The van der Waals surface area contributed by atoms with E-state index in [4.69, 9.17) is 13.4 Å². The summed E-state index contributed by atoms with van der Waals surface area (Å²) in [6, 6.07) is 7.03. The van der Waals surface area contributed by atoms with Gasteiger partial charge in [-0.15, -0.1) is 0 Å². The number of piperidine rings is 1. The minimum atomic E-state index is -3.82. The number of carbonyl (C=O) groups excluding carboxylic acids is 1. The van der Waals surface area contributed by atoms with E-state index in [0.29, 0.717) is 30.9 Å². The highest BCUT2D eigenvalue weighted by atomic mass is 32.2. The number of amides is 1. The van der Waals surface area contributed by atoms with Crippen LogP contribution >= 0.6 is 0 Å². The summed E-state index contributed by atoms with van der Waals surface area (Å²) in [5.41, 5.74) is 0.289. The van der Waals surface area contributed by atoms with Crippen LogP contribution in [0.3, 0.4) is 0 Å². The quantitative estimate of drug-likeness (QED) is 0.594. The van der Waals surface area contributed by atoms with Crippen LogP contribution < -0.4 is 5.32 Å². The van der Waals surface area contributed by atoms with Crippen molar-refractivity contribution in [2.75, 3.05) is 13.1 Å². The molecule has 0 aliphatic carbocycles. The third-order valence-corrected chi connectivity index (χ3v) is 7.27. The molecule has 1 saturated heterocycles. The van der Waals surface area contributed by atoms with Gasteiger partial charge in [-0.3, -0.25) is 4.79 Å². The largest absolute Gasteiger partial charge is 0.467 e. The summed E-state index contributed by atoms with van der Waals surface area (Å²) in [5, 5.41) is 6.67. The molecule has 1 N–H and O–H groups in total. The van der Waals surface area contributed by atoms with E-state index in [1.54, 1.807) is 43.5 Å². The van der Waals surface area contributed by atoms with Gasteiger partial charge in [0.1, 0.15) is 17.2 Å². The van der Waals surface area contributed by atoms with Crippen molar-refractivity contribution in [2.45, 2.75) is 31.2 Å². The van der Waals surface area contributed by atoms with Crippen LogP contribution in [0.1, 0.15) is 35.8 Å². The van der Waals surface area contributed by atoms with Crippen LogP contribution in [0.2, 0.25) is 0 Å². The molecule has 0 aromatic carbocycles. The molecule has 4 heterocycles. The first-order valence-corrected chi connectivity index (χ1v) is 11.4. The highest BCUT2D eigenvalue weighted by Gasteiger charge is 2.35. The maximum atomic E-state index is 13.3. The van der Waals surface area contributed by atoms with Gasteiger partial charge in [-0.25, -0.2) is 8.42 Å². The van der Waals surface area contributed by atoms with Crippen LogP contribution in [-0.2, 0) is 21.4 Å². The van der Waals surface area contributed by atoms with E-state index >= 15 is 0 Å². The zero-order valence-electron chi connectivity index (χ0n) is 17.0. The molecule has 31 heavy (non-hydrogen) atoms. The van der Waals surface area contributed by atoms with E-state index in [0.717, 1.165) is 0 Å². The topological polar surface area (TPSA) is 119 Å². The highest BCUT2D eigenvalue weighted by molar-refractivity contribution is 7.89. The van der Waals surface area contributed by atoms with Crippen molar-refractivity contribution in [2.24, 2.45) is 5.92 Å². The number of rotatable bonds is 7. The Bertz CT molecular complexity index is 1140. The monoisotopic (exact) mass is 445 g/mol. The Balaban J connectivity index is 1.41. The lowest BCUT2D eigenvalue weighted by atomic mass is 9.97. The molecule has 1 aliphatic rings. The molecule has 0 atom stereocenters. The molecule has 0 radical (unpaired) electrons. The standard InChI is InChI=1S/C21H23N3O6S/c1-15-20(19(30-23-15)7-6-17-4-2-12-28-17)31(26,27)24-10-8-16(9-11-24)21(25)22-14-18-5-3-13-29-18/h2-7,12-13,16H,8-11,14H2,1H3,(H,22,25)/b7-6+. The van der Waals surface area contributed by atoms with Crippen molar-refractivity contribution in [1.82, 2.24) is 14.8 Å². The maximum Gasteiger partial charge on any atom is 0.248 e. The van der Waals surface area contributed by atoms with Crippen LogP contribution in [0, 0.1) is 12.8 Å².